The van der Waals surface area contributed by atoms with E-state index in [9.17, 15) is 9.59 Å². The monoisotopic (exact) mass is 497 g/mol. The second-order valence-electron chi connectivity index (χ2n) is 12.3. The Morgan fingerprint density at radius 2 is 1.78 bits per heavy atom. The molecule has 37 heavy (non-hydrogen) atoms. The molecule has 0 aliphatic heterocycles. The smallest absolute Gasteiger partial charge is 0.267 e. The number of aromatic nitrogens is 2. The molecule has 1 aromatic carbocycles. The van der Waals surface area contributed by atoms with Crippen LogP contribution in [0, 0.1) is 29.1 Å². The number of fused-ring (bicyclic) bond motifs is 1. The number of H-pyrrole nitrogens is 1. The maximum Gasteiger partial charge on any atom is 0.267 e. The molecule has 3 aliphatic rings. The summed E-state index contributed by atoms with van der Waals surface area (Å²) < 4.78 is 0. The number of amides is 1. The molecular formula is C32H39N3O2. The van der Waals surface area contributed by atoms with Crippen LogP contribution in [0.3, 0.4) is 0 Å². The summed E-state index contributed by atoms with van der Waals surface area (Å²) >= 11 is 0. The zero-order valence-electron chi connectivity index (χ0n) is 22.0. The standard InChI is InChI=1S/C32H39N3O2/c1-21-2-4-22(5-3-21)16-23-6-8-24(9-7-23)30(36)25-10-13-32(14-11-25)18-27(32)20-34-31(37)29-17-26-19-33-15-12-28(26)35-29/h6-9,12,15,17,19,21-22,25,27,35H,2-5,10-11,13-14,16,18,20H2,1H3,(H,34,37). The van der Waals surface area contributed by atoms with E-state index < -0.39 is 0 Å². The molecule has 3 aromatic rings. The Kier molecular flexibility index (Phi) is 6.64. The molecule has 3 fully saturated rings. The van der Waals surface area contributed by atoms with Gasteiger partial charge in [0, 0.05) is 41.3 Å². The predicted octanol–water partition coefficient (Wildman–Crippen LogP) is 6.74. The van der Waals surface area contributed by atoms with E-state index in [4.69, 9.17) is 0 Å². The topological polar surface area (TPSA) is 74.8 Å². The number of carbonyl (C=O) groups excluding carboxylic acids is 2. The van der Waals surface area contributed by atoms with E-state index in [2.05, 4.69) is 46.5 Å². The van der Waals surface area contributed by atoms with Crippen LogP contribution in [0.15, 0.2) is 48.8 Å². The van der Waals surface area contributed by atoms with Crippen molar-refractivity contribution in [2.75, 3.05) is 6.54 Å². The molecule has 0 radical (unpaired) electrons. The fraction of sp³-hybridized carbons (Fsp3) is 0.531. The van der Waals surface area contributed by atoms with Gasteiger partial charge >= 0.3 is 0 Å². The largest absolute Gasteiger partial charge is 0.350 e. The van der Waals surface area contributed by atoms with Gasteiger partial charge < -0.3 is 10.3 Å². The number of Topliss-reactive ketones (excluding diaryl/α,β-unsaturated/α-hetero) is 1. The first-order valence-corrected chi connectivity index (χ1v) is 14.3. The zero-order chi connectivity index (χ0) is 25.4. The third kappa shape index (κ3) is 5.23. The van der Waals surface area contributed by atoms with Crippen LogP contribution in [0.4, 0.5) is 0 Å². The molecule has 5 nitrogen and oxygen atoms in total. The summed E-state index contributed by atoms with van der Waals surface area (Å²) in [6, 6.07) is 12.3. The van der Waals surface area contributed by atoms with Gasteiger partial charge in [-0.05, 0) is 92.2 Å². The number of ketones is 1. The van der Waals surface area contributed by atoms with E-state index in [1.807, 2.05) is 12.1 Å². The lowest BCUT2D eigenvalue weighted by Crippen LogP contribution is -2.29. The Bertz CT molecular complexity index is 1230. The molecule has 194 valence electrons. The third-order valence-corrected chi connectivity index (χ3v) is 9.78. The normalized spacial score (nSPS) is 29.3. The summed E-state index contributed by atoms with van der Waals surface area (Å²) in [6.07, 6.45) is 15.4. The number of carbonyl (C=O) groups is 2. The molecule has 1 amide bonds. The first-order chi connectivity index (χ1) is 18.0. The number of nitrogens with one attached hydrogen (secondary N) is 2. The lowest BCUT2D eigenvalue weighted by Gasteiger charge is -2.29. The minimum absolute atomic E-state index is 0.0522. The van der Waals surface area contributed by atoms with Crippen LogP contribution >= 0.6 is 0 Å². The van der Waals surface area contributed by atoms with Crippen molar-refractivity contribution < 1.29 is 9.59 Å². The summed E-state index contributed by atoms with van der Waals surface area (Å²) in [4.78, 5) is 33.2. The molecule has 3 saturated carbocycles. The molecule has 2 aromatic heterocycles. The fourth-order valence-electron chi connectivity index (χ4n) is 7.10. The van der Waals surface area contributed by atoms with Crippen molar-refractivity contribution >= 4 is 22.6 Å². The van der Waals surface area contributed by atoms with E-state index in [1.54, 1.807) is 12.4 Å². The van der Waals surface area contributed by atoms with Crippen LogP contribution in [-0.2, 0) is 6.42 Å². The summed E-state index contributed by atoms with van der Waals surface area (Å²) in [5.41, 5.74) is 4.11. The first-order valence-electron chi connectivity index (χ1n) is 14.3. The summed E-state index contributed by atoms with van der Waals surface area (Å²) in [5, 5.41) is 4.08. The van der Waals surface area contributed by atoms with Crippen molar-refractivity contribution in [1.82, 2.24) is 15.3 Å². The van der Waals surface area contributed by atoms with E-state index in [1.165, 1.54) is 37.7 Å². The molecule has 1 unspecified atom stereocenters. The molecule has 5 heteroatoms. The molecule has 1 atom stereocenters. The van der Waals surface area contributed by atoms with Crippen molar-refractivity contribution in [1.29, 1.82) is 0 Å². The summed E-state index contributed by atoms with van der Waals surface area (Å²) in [7, 11) is 0. The number of rotatable bonds is 7. The number of hydrogen-bond donors (Lipinski definition) is 2. The van der Waals surface area contributed by atoms with E-state index in [0.717, 1.165) is 60.4 Å². The third-order valence-electron chi connectivity index (χ3n) is 9.78. The molecule has 0 bridgehead atoms. The van der Waals surface area contributed by atoms with Crippen molar-refractivity contribution in [2.24, 2.45) is 29.1 Å². The molecule has 2 N–H and O–H groups in total. The maximum absolute atomic E-state index is 13.2. The highest BCUT2D eigenvalue weighted by atomic mass is 16.2. The minimum Gasteiger partial charge on any atom is -0.350 e. The highest BCUT2D eigenvalue weighted by molar-refractivity contribution is 5.98. The molecule has 2 heterocycles. The lowest BCUT2D eigenvalue weighted by molar-refractivity contribution is 0.0860. The van der Waals surface area contributed by atoms with Gasteiger partial charge in [-0.2, -0.15) is 0 Å². The van der Waals surface area contributed by atoms with E-state index in [-0.39, 0.29) is 11.8 Å². The van der Waals surface area contributed by atoms with Crippen molar-refractivity contribution in [3.05, 3.63) is 65.6 Å². The second kappa shape index (κ2) is 10.1. The number of hydrogen-bond acceptors (Lipinski definition) is 3. The second-order valence-corrected chi connectivity index (χ2v) is 12.3. The molecular weight excluding hydrogens is 458 g/mol. The number of aromatic amines is 1. The average Bonchev–Trinajstić information content (AvgIpc) is 3.39. The zero-order valence-corrected chi connectivity index (χ0v) is 22.0. The number of benzene rings is 1. The molecule has 3 aliphatic carbocycles. The fourth-order valence-corrected chi connectivity index (χ4v) is 7.10. The maximum atomic E-state index is 13.2. The minimum atomic E-state index is -0.0522. The Labute approximate surface area is 219 Å². The Morgan fingerprint density at radius 3 is 2.51 bits per heavy atom. The van der Waals surface area contributed by atoms with Crippen molar-refractivity contribution in [2.45, 2.75) is 71.1 Å². The highest BCUT2D eigenvalue weighted by Crippen LogP contribution is 2.62. The van der Waals surface area contributed by atoms with E-state index >= 15 is 0 Å². The Hall–Kier alpha value is -2.95. The van der Waals surface area contributed by atoms with E-state index in [0.29, 0.717) is 29.4 Å². The van der Waals surface area contributed by atoms with Crippen molar-refractivity contribution in [3.63, 3.8) is 0 Å². The van der Waals surface area contributed by atoms with Gasteiger partial charge in [0.05, 0.1) is 0 Å². The Morgan fingerprint density at radius 1 is 1.03 bits per heavy atom. The SMILES string of the molecule is CC1CCC(Cc2ccc(C(=O)C3CCC4(CC3)CC4CNC(=O)c3cc4cnccc4[nH]3)cc2)CC1. The highest BCUT2D eigenvalue weighted by Gasteiger charge is 2.55. The summed E-state index contributed by atoms with van der Waals surface area (Å²) in [6.45, 7) is 3.09. The molecule has 1 spiro atoms. The van der Waals surface area contributed by atoms with Gasteiger partial charge in [0.25, 0.3) is 5.91 Å². The summed E-state index contributed by atoms with van der Waals surface area (Å²) in [5.74, 6) is 2.64. The number of pyridine rings is 1. The van der Waals surface area contributed by atoms with Crippen LogP contribution in [0.2, 0.25) is 0 Å². The van der Waals surface area contributed by atoms with Gasteiger partial charge in [-0.15, -0.1) is 0 Å². The Balaban J connectivity index is 0.965. The van der Waals surface area contributed by atoms with Crippen LogP contribution in [0.25, 0.3) is 10.9 Å². The quantitative estimate of drug-likeness (QED) is 0.355. The van der Waals surface area contributed by atoms with Gasteiger partial charge in [0.1, 0.15) is 5.69 Å². The van der Waals surface area contributed by atoms with Gasteiger partial charge in [0.15, 0.2) is 5.78 Å². The van der Waals surface area contributed by atoms with Gasteiger partial charge in [0.2, 0.25) is 0 Å². The van der Waals surface area contributed by atoms with Crippen LogP contribution in [0.1, 0.15) is 91.1 Å². The van der Waals surface area contributed by atoms with Gasteiger partial charge in [-0.1, -0.05) is 44.0 Å². The predicted molar refractivity (Wildman–Crippen MR) is 147 cm³/mol. The average molecular weight is 498 g/mol. The van der Waals surface area contributed by atoms with Crippen LogP contribution < -0.4 is 5.32 Å². The van der Waals surface area contributed by atoms with Crippen LogP contribution in [0.5, 0.6) is 0 Å². The van der Waals surface area contributed by atoms with Crippen molar-refractivity contribution in [3.8, 4) is 0 Å². The van der Waals surface area contributed by atoms with Gasteiger partial charge in [-0.25, -0.2) is 0 Å². The molecule has 0 saturated heterocycles. The van der Waals surface area contributed by atoms with Gasteiger partial charge in [-0.3, -0.25) is 14.6 Å². The van der Waals surface area contributed by atoms with Crippen LogP contribution in [-0.4, -0.2) is 28.2 Å². The number of nitrogens with zero attached hydrogens (tertiary/aromatic N) is 1. The first kappa shape index (κ1) is 24.4. The molecule has 6 rings (SSSR count). The lowest BCUT2D eigenvalue weighted by atomic mass is 9.75.